The Morgan fingerprint density at radius 2 is 1.76 bits per heavy atom. The number of likely N-dealkylation sites (tertiary alicyclic amines) is 3. The van der Waals surface area contributed by atoms with Gasteiger partial charge >= 0.3 is 0 Å². The van der Waals surface area contributed by atoms with Crippen molar-refractivity contribution in [1.29, 1.82) is 0 Å². The van der Waals surface area contributed by atoms with E-state index >= 15 is 0 Å². The van der Waals surface area contributed by atoms with Crippen LogP contribution in [0.5, 0.6) is 5.75 Å². The lowest BCUT2D eigenvalue weighted by molar-refractivity contribution is 0.241. The van der Waals surface area contributed by atoms with Crippen molar-refractivity contribution in [3.05, 3.63) is 29.3 Å². The third-order valence-electron chi connectivity index (χ3n) is 7.86. The van der Waals surface area contributed by atoms with Crippen LogP contribution in [0.25, 0.3) is 0 Å². The van der Waals surface area contributed by atoms with E-state index in [4.69, 9.17) is 4.74 Å². The lowest BCUT2D eigenvalue weighted by atomic mass is 9.83. The Labute approximate surface area is 177 Å². The van der Waals surface area contributed by atoms with E-state index in [9.17, 15) is 0 Å². The van der Waals surface area contributed by atoms with Crippen molar-refractivity contribution in [2.24, 2.45) is 17.8 Å². The number of hydrogen-bond donors (Lipinski definition) is 0. The first kappa shape index (κ1) is 19.8. The Bertz CT molecular complexity index is 673. The second kappa shape index (κ2) is 8.95. The maximum absolute atomic E-state index is 6.13. The van der Waals surface area contributed by atoms with Crippen molar-refractivity contribution in [3.8, 4) is 5.75 Å². The molecule has 1 aromatic carbocycles. The third kappa shape index (κ3) is 4.81. The summed E-state index contributed by atoms with van der Waals surface area (Å²) in [4.78, 5) is 7.85. The van der Waals surface area contributed by atoms with E-state index in [-0.39, 0.29) is 0 Å². The van der Waals surface area contributed by atoms with Crippen LogP contribution in [-0.2, 0) is 12.8 Å². The van der Waals surface area contributed by atoms with Crippen LogP contribution in [0.1, 0.15) is 36.8 Å². The summed E-state index contributed by atoms with van der Waals surface area (Å²) in [6.45, 7) is 11.2. The molecule has 160 valence electrons. The molecule has 4 aliphatic rings. The standard InChI is InChI=1S/C25H39N3O/c1-26-16-23-18-28(19-24(23)17-26)11-4-12-29-25-8-7-21-13-20(5-6-22(21)14-25)15-27-9-2-3-10-27/h7-8,14,20,23-24H,2-6,9-13,15-19H2,1H3. The highest BCUT2D eigenvalue weighted by Gasteiger charge is 2.38. The van der Waals surface area contributed by atoms with Crippen LogP contribution in [-0.4, -0.2) is 80.7 Å². The molecule has 0 aromatic heterocycles. The zero-order valence-electron chi connectivity index (χ0n) is 18.3. The molecular formula is C25H39N3O. The zero-order chi connectivity index (χ0) is 19.6. The molecule has 1 aliphatic carbocycles. The minimum atomic E-state index is 0.849. The molecule has 29 heavy (non-hydrogen) atoms. The molecule has 4 heteroatoms. The van der Waals surface area contributed by atoms with Crippen LogP contribution in [0.15, 0.2) is 18.2 Å². The lowest BCUT2D eigenvalue weighted by Crippen LogP contribution is -2.30. The topological polar surface area (TPSA) is 19.0 Å². The van der Waals surface area contributed by atoms with Gasteiger partial charge in [0.15, 0.2) is 0 Å². The Balaban J connectivity index is 1.04. The van der Waals surface area contributed by atoms with Crippen molar-refractivity contribution in [2.45, 2.75) is 38.5 Å². The summed E-state index contributed by atoms with van der Waals surface area (Å²) in [5, 5.41) is 0. The van der Waals surface area contributed by atoms with E-state index in [0.29, 0.717) is 0 Å². The Hall–Kier alpha value is -1.10. The molecule has 0 bridgehead atoms. The second-order valence-corrected chi connectivity index (χ2v) is 10.3. The summed E-state index contributed by atoms with van der Waals surface area (Å²) < 4.78 is 6.13. The smallest absolute Gasteiger partial charge is 0.119 e. The average molecular weight is 398 g/mol. The summed E-state index contributed by atoms with van der Waals surface area (Å²) in [5.41, 5.74) is 3.11. The molecule has 0 N–H and O–H groups in total. The number of benzene rings is 1. The molecule has 0 spiro atoms. The molecule has 0 amide bonds. The number of hydrogen-bond acceptors (Lipinski definition) is 4. The molecule has 1 aromatic rings. The molecule has 3 aliphatic heterocycles. The molecule has 0 radical (unpaired) electrons. The van der Waals surface area contributed by atoms with Crippen LogP contribution in [0.2, 0.25) is 0 Å². The maximum atomic E-state index is 6.13. The van der Waals surface area contributed by atoms with Gasteiger partial charge in [-0.3, -0.25) is 0 Å². The van der Waals surface area contributed by atoms with Gasteiger partial charge in [0, 0.05) is 39.3 Å². The fourth-order valence-corrected chi connectivity index (χ4v) is 6.37. The van der Waals surface area contributed by atoms with Gasteiger partial charge in [-0.25, -0.2) is 0 Å². The Morgan fingerprint density at radius 3 is 2.55 bits per heavy atom. The van der Waals surface area contributed by atoms with E-state index in [1.54, 1.807) is 5.56 Å². The summed E-state index contributed by atoms with van der Waals surface area (Å²) in [7, 11) is 2.27. The van der Waals surface area contributed by atoms with Crippen LogP contribution < -0.4 is 4.74 Å². The SMILES string of the molecule is CN1CC2CN(CCCOc3ccc4c(c3)CCC(CN3CCCC3)C4)CC2C1. The van der Waals surface area contributed by atoms with Gasteiger partial charge in [-0.2, -0.15) is 0 Å². The number of ether oxygens (including phenoxy) is 1. The van der Waals surface area contributed by atoms with Gasteiger partial charge in [-0.05, 0) is 99.7 Å². The number of aryl methyl sites for hydroxylation is 1. The zero-order valence-corrected chi connectivity index (χ0v) is 18.3. The van der Waals surface area contributed by atoms with Gasteiger partial charge in [0.1, 0.15) is 5.75 Å². The van der Waals surface area contributed by atoms with Crippen molar-refractivity contribution in [2.75, 3.05) is 66.0 Å². The Morgan fingerprint density at radius 1 is 0.966 bits per heavy atom. The van der Waals surface area contributed by atoms with Crippen molar-refractivity contribution < 1.29 is 4.74 Å². The molecule has 3 fully saturated rings. The molecule has 3 unspecified atom stereocenters. The van der Waals surface area contributed by atoms with Gasteiger partial charge in [0.25, 0.3) is 0 Å². The van der Waals surface area contributed by atoms with Gasteiger partial charge in [-0.1, -0.05) is 6.07 Å². The minimum Gasteiger partial charge on any atom is -0.494 e. The van der Waals surface area contributed by atoms with Crippen LogP contribution in [0.3, 0.4) is 0 Å². The quantitative estimate of drug-likeness (QED) is 0.658. The first-order valence-electron chi connectivity index (χ1n) is 12.1. The fourth-order valence-electron chi connectivity index (χ4n) is 6.37. The number of nitrogens with zero attached hydrogens (tertiary/aromatic N) is 3. The van der Waals surface area contributed by atoms with Gasteiger partial charge < -0.3 is 19.4 Å². The van der Waals surface area contributed by atoms with Crippen LogP contribution >= 0.6 is 0 Å². The van der Waals surface area contributed by atoms with Gasteiger partial charge in [-0.15, -0.1) is 0 Å². The van der Waals surface area contributed by atoms with Crippen LogP contribution in [0, 0.1) is 17.8 Å². The average Bonchev–Trinajstić information content (AvgIpc) is 3.42. The fraction of sp³-hybridized carbons (Fsp3) is 0.760. The molecule has 4 nitrogen and oxygen atoms in total. The highest BCUT2D eigenvalue weighted by molar-refractivity contribution is 5.37. The van der Waals surface area contributed by atoms with E-state index in [0.717, 1.165) is 36.5 Å². The number of fused-ring (bicyclic) bond motifs is 2. The monoisotopic (exact) mass is 397 g/mol. The molecule has 0 saturated carbocycles. The first-order chi connectivity index (χ1) is 14.2. The predicted octanol–water partition coefficient (Wildman–Crippen LogP) is 3.15. The predicted molar refractivity (Wildman–Crippen MR) is 119 cm³/mol. The maximum Gasteiger partial charge on any atom is 0.119 e. The molecule has 5 rings (SSSR count). The summed E-state index contributed by atoms with van der Waals surface area (Å²) in [5.74, 6) is 3.76. The van der Waals surface area contributed by atoms with E-state index in [2.05, 4.69) is 39.9 Å². The highest BCUT2D eigenvalue weighted by Crippen LogP contribution is 2.31. The molecular weight excluding hydrogens is 358 g/mol. The second-order valence-electron chi connectivity index (χ2n) is 10.3. The summed E-state index contributed by atoms with van der Waals surface area (Å²) >= 11 is 0. The summed E-state index contributed by atoms with van der Waals surface area (Å²) in [6, 6.07) is 6.89. The number of rotatable bonds is 7. The normalized spacial score (nSPS) is 30.6. The molecule has 3 heterocycles. The van der Waals surface area contributed by atoms with E-state index in [1.807, 2.05) is 0 Å². The van der Waals surface area contributed by atoms with Crippen molar-refractivity contribution in [3.63, 3.8) is 0 Å². The molecule has 3 saturated heterocycles. The Kier molecular flexibility index (Phi) is 6.12. The first-order valence-corrected chi connectivity index (χ1v) is 12.1. The largest absolute Gasteiger partial charge is 0.494 e. The lowest BCUT2D eigenvalue weighted by Gasteiger charge is -2.28. The van der Waals surface area contributed by atoms with Gasteiger partial charge in [0.05, 0.1) is 6.61 Å². The van der Waals surface area contributed by atoms with Crippen molar-refractivity contribution in [1.82, 2.24) is 14.7 Å². The third-order valence-corrected chi connectivity index (χ3v) is 7.86. The molecule has 3 atom stereocenters. The highest BCUT2D eigenvalue weighted by atomic mass is 16.5. The van der Waals surface area contributed by atoms with E-state index < -0.39 is 0 Å². The van der Waals surface area contributed by atoms with Crippen molar-refractivity contribution >= 4 is 0 Å². The summed E-state index contributed by atoms with van der Waals surface area (Å²) in [6.07, 6.45) is 7.79. The minimum absolute atomic E-state index is 0.849. The van der Waals surface area contributed by atoms with E-state index in [1.165, 1.54) is 90.0 Å². The van der Waals surface area contributed by atoms with Crippen LogP contribution in [0.4, 0.5) is 0 Å². The van der Waals surface area contributed by atoms with Gasteiger partial charge in [0.2, 0.25) is 0 Å².